The van der Waals surface area contributed by atoms with Crippen LogP contribution in [-0.2, 0) is 0 Å². The summed E-state index contributed by atoms with van der Waals surface area (Å²) in [6.45, 7) is 9.08. The van der Waals surface area contributed by atoms with Crippen molar-refractivity contribution in [3.8, 4) is 0 Å². The Kier molecular flexibility index (Phi) is 4.42. The fourth-order valence-corrected chi connectivity index (χ4v) is 3.20. The first-order chi connectivity index (χ1) is 8.93. The molecule has 0 aromatic heterocycles. The van der Waals surface area contributed by atoms with Gasteiger partial charge in [-0.1, -0.05) is 31.5 Å². The van der Waals surface area contributed by atoms with Crippen LogP contribution in [0.5, 0.6) is 0 Å². The van der Waals surface area contributed by atoms with Crippen molar-refractivity contribution in [2.24, 2.45) is 5.41 Å². The molecule has 1 heterocycles. The van der Waals surface area contributed by atoms with E-state index in [1.54, 1.807) is 0 Å². The quantitative estimate of drug-likeness (QED) is 0.891. The number of nitrogens with one attached hydrogen (secondary N) is 1. The predicted octanol–water partition coefficient (Wildman–Crippen LogP) is 4.25. The summed E-state index contributed by atoms with van der Waals surface area (Å²) in [4.78, 5) is 2.46. The van der Waals surface area contributed by atoms with Crippen molar-refractivity contribution in [3.63, 3.8) is 0 Å². The van der Waals surface area contributed by atoms with Crippen LogP contribution in [0, 0.1) is 5.41 Å². The summed E-state index contributed by atoms with van der Waals surface area (Å²) in [6.07, 6.45) is 2.57. The zero-order valence-electron chi connectivity index (χ0n) is 12.5. The summed E-state index contributed by atoms with van der Waals surface area (Å²) < 4.78 is 0. The monoisotopic (exact) mass is 280 g/mol. The van der Waals surface area contributed by atoms with Gasteiger partial charge in [0.2, 0.25) is 0 Å². The smallest absolute Gasteiger partial charge is 0.0474 e. The standard InChI is InChI=1S/C16H25ClN2/c1-12(18-4)14-7-6-13(10-15(14)17)19-9-5-8-16(2,3)11-19/h6-7,10,12,18H,5,8-9,11H2,1-4H3. The molecule has 0 amide bonds. The molecular weight excluding hydrogens is 256 g/mol. The Balaban J connectivity index is 2.20. The van der Waals surface area contributed by atoms with Gasteiger partial charge in [0, 0.05) is 29.8 Å². The Bertz CT molecular complexity index is 442. The van der Waals surface area contributed by atoms with Crippen LogP contribution in [0.1, 0.15) is 45.2 Å². The molecule has 1 atom stereocenters. The second kappa shape index (κ2) is 5.72. The van der Waals surface area contributed by atoms with Crippen LogP contribution in [0.2, 0.25) is 5.02 Å². The molecule has 1 unspecified atom stereocenters. The Morgan fingerprint density at radius 2 is 2.11 bits per heavy atom. The third-order valence-corrected chi connectivity index (χ3v) is 4.48. The van der Waals surface area contributed by atoms with Gasteiger partial charge in [0.15, 0.2) is 0 Å². The summed E-state index contributed by atoms with van der Waals surface area (Å²) >= 11 is 6.43. The van der Waals surface area contributed by atoms with Gasteiger partial charge >= 0.3 is 0 Å². The molecule has 1 aliphatic heterocycles. The number of piperidine rings is 1. The number of rotatable bonds is 3. The van der Waals surface area contributed by atoms with Crippen molar-refractivity contribution in [1.29, 1.82) is 0 Å². The van der Waals surface area contributed by atoms with E-state index in [2.05, 4.69) is 49.2 Å². The number of hydrogen-bond donors (Lipinski definition) is 1. The Morgan fingerprint density at radius 1 is 1.37 bits per heavy atom. The molecule has 19 heavy (non-hydrogen) atoms. The minimum atomic E-state index is 0.291. The lowest BCUT2D eigenvalue weighted by atomic mass is 9.84. The lowest BCUT2D eigenvalue weighted by molar-refractivity contribution is 0.293. The number of anilines is 1. The van der Waals surface area contributed by atoms with E-state index in [0.29, 0.717) is 11.5 Å². The summed E-state index contributed by atoms with van der Waals surface area (Å²) in [7, 11) is 1.96. The first kappa shape index (κ1) is 14.7. The van der Waals surface area contributed by atoms with Gasteiger partial charge in [-0.25, -0.2) is 0 Å². The second-order valence-electron chi connectivity index (χ2n) is 6.41. The third kappa shape index (κ3) is 3.43. The molecule has 1 saturated heterocycles. The second-order valence-corrected chi connectivity index (χ2v) is 6.81. The molecule has 1 aromatic rings. The summed E-state index contributed by atoms with van der Waals surface area (Å²) in [5.74, 6) is 0. The highest BCUT2D eigenvalue weighted by molar-refractivity contribution is 6.31. The molecule has 1 N–H and O–H groups in total. The SMILES string of the molecule is CNC(C)c1ccc(N2CCCC(C)(C)C2)cc1Cl. The molecule has 0 bridgehead atoms. The van der Waals surface area contributed by atoms with E-state index in [1.807, 2.05) is 7.05 Å². The van der Waals surface area contributed by atoms with E-state index >= 15 is 0 Å². The molecule has 1 aromatic carbocycles. The minimum absolute atomic E-state index is 0.291. The molecule has 0 aliphatic carbocycles. The van der Waals surface area contributed by atoms with Gasteiger partial charge in [-0.15, -0.1) is 0 Å². The fourth-order valence-electron chi connectivity index (χ4n) is 2.86. The van der Waals surface area contributed by atoms with E-state index in [0.717, 1.165) is 18.1 Å². The fraction of sp³-hybridized carbons (Fsp3) is 0.625. The van der Waals surface area contributed by atoms with E-state index in [1.165, 1.54) is 24.1 Å². The topological polar surface area (TPSA) is 15.3 Å². The average Bonchev–Trinajstić information content (AvgIpc) is 2.36. The Hall–Kier alpha value is -0.730. The number of hydrogen-bond acceptors (Lipinski definition) is 2. The number of benzene rings is 1. The lowest BCUT2D eigenvalue weighted by Gasteiger charge is -2.39. The maximum atomic E-state index is 6.43. The zero-order valence-corrected chi connectivity index (χ0v) is 13.2. The van der Waals surface area contributed by atoms with Gasteiger partial charge in [0.1, 0.15) is 0 Å². The van der Waals surface area contributed by atoms with E-state index in [4.69, 9.17) is 11.6 Å². The van der Waals surface area contributed by atoms with Crippen LogP contribution in [0.3, 0.4) is 0 Å². The molecule has 0 radical (unpaired) electrons. The molecule has 0 saturated carbocycles. The molecule has 2 nitrogen and oxygen atoms in total. The van der Waals surface area contributed by atoms with Crippen LogP contribution in [0.15, 0.2) is 18.2 Å². The van der Waals surface area contributed by atoms with Crippen LogP contribution in [0.25, 0.3) is 0 Å². The highest BCUT2D eigenvalue weighted by atomic mass is 35.5. The highest BCUT2D eigenvalue weighted by Crippen LogP contribution is 2.34. The number of halogens is 1. The highest BCUT2D eigenvalue weighted by Gasteiger charge is 2.26. The zero-order chi connectivity index (χ0) is 14.0. The van der Waals surface area contributed by atoms with Crippen molar-refractivity contribution in [1.82, 2.24) is 5.32 Å². The van der Waals surface area contributed by atoms with Crippen LogP contribution in [0.4, 0.5) is 5.69 Å². The third-order valence-electron chi connectivity index (χ3n) is 4.15. The first-order valence-electron chi connectivity index (χ1n) is 7.14. The lowest BCUT2D eigenvalue weighted by Crippen LogP contribution is -2.40. The summed E-state index contributed by atoms with van der Waals surface area (Å²) in [5.41, 5.74) is 2.83. The molecule has 0 spiro atoms. The summed E-state index contributed by atoms with van der Waals surface area (Å²) in [6, 6.07) is 6.77. The van der Waals surface area contributed by atoms with Gasteiger partial charge in [-0.05, 0) is 49.9 Å². The summed E-state index contributed by atoms with van der Waals surface area (Å²) in [5, 5.41) is 4.10. The average molecular weight is 281 g/mol. The molecule has 1 aliphatic rings. The normalized spacial score (nSPS) is 20.4. The van der Waals surface area contributed by atoms with Crippen molar-refractivity contribution in [2.75, 3.05) is 25.0 Å². The molecule has 106 valence electrons. The maximum Gasteiger partial charge on any atom is 0.0474 e. The van der Waals surface area contributed by atoms with Gasteiger partial charge < -0.3 is 10.2 Å². The molecular formula is C16H25ClN2. The molecule has 1 fully saturated rings. The minimum Gasteiger partial charge on any atom is -0.371 e. The van der Waals surface area contributed by atoms with Crippen molar-refractivity contribution in [2.45, 2.75) is 39.7 Å². The number of nitrogens with zero attached hydrogens (tertiary/aromatic N) is 1. The first-order valence-corrected chi connectivity index (χ1v) is 7.52. The Morgan fingerprint density at radius 3 is 2.68 bits per heavy atom. The molecule has 2 rings (SSSR count). The van der Waals surface area contributed by atoms with Crippen molar-refractivity contribution >= 4 is 17.3 Å². The van der Waals surface area contributed by atoms with Gasteiger partial charge in [-0.3, -0.25) is 0 Å². The van der Waals surface area contributed by atoms with E-state index in [9.17, 15) is 0 Å². The van der Waals surface area contributed by atoms with Gasteiger partial charge in [0.05, 0.1) is 0 Å². The Labute approximate surface area is 122 Å². The van der Waals surface area contributed by atoms with Gasteiger partial charge in [-0.2, -0.15) is 0 Å². The van der Waals surface area contributed by atoms with Gasteiger partial charge in [0.25, 0.3) is 0 Å². The predicted molar refractivity (Wildman–Crippen MR) is 84.2 cm³/mol. The van der Waals surface area contributed by atoms with Crippen molar-refractivity contribution < 1.29 is 0 Å². The van der Waals surface area contributed by atoms with Crippen molar-refractivity contribution in [3.05, 3.63) is 28.8 Å². The van der Waals surface area contributed by atoms with E-state index < -0.39 is 0 Å². The van der Waals surface area contributed by atoms with Crippen LogP contribution in [-0.4, -0.2) is 20.1 Å². The van der Waals surface area contributed by atoms with Crippen LogP contribution < -0.4 is 10.2 Å². The largest absolute Gasteiger partial charge is 0.371 e. The van der Waals surface area contributed by atoms with Crippen LogP contribution >= 0.6 is 11.6 Å². The molecule has 3 heteroatoms. The maximum absolute atomic E-state index is 6.43. The van der Waals surface area contributed by atoms with E-state index in [-0.39, 0.29) is 0 Å².